The summed E-state index contributed by atoms with van der Waals surface area (Å²) in [6, 6.07) is 1.38. The summed E-state index contributed by atoms with van der Waals surface area (Å²) in [5, 5.41) is 0. The van der Waals surface area contributed by atoms with Crippen LogP contribution in [0.5, 0.6) is 0 Å². The molecule has 1 nitrogen and oxygen atoms in total. The first kappa shape index (κ1) is 10.7. The van der Waals surface area contributed by atoms with Crippen LogP contribution in [0.1, 0.15) is 27.7 Å². The molecule has 0 spiro atoms. The maximum absolute atomic E-state index is 2.51. The van der Waals surface area contributed by atoms with Crippen molar-refractivity contribution in [2.45, 2.75) is 39.8 Å². The van der Waals surface area contributed by atoms with Crippen LogP contribution in [0, 0.1) is 0 Å². The van der Waals surface area contributed by atoms with Crippen LogP contribution >= 0.6 is 22.6 Å². The molecule has 0 N–H and O–H groups in total. The van der Waals surface area contributed by atoms with E-state index in [1.807, 2.05) is 0 Å². The molecule has 0 aliphatic rings. The molecule has 0 bridgehead atoms. The van der Waals surface area contributed by atoms with Crippen molar-refractivity contribution in [2.75, 3.05) is 11.0 Å². The normalized spacial score (nSPS) is 12.0. The van der Waals surface area contributed by atoms with Crippen LogP contribution in [0.25, 0.3) is 0 Å². The van der Waals surface area contributed by atoms with Crippen molar-refractivity contribution in [2.24, 2.45) is 0 Å². The predicted molar refractivity (Wildman–Crippen MR) is 55.9 cm³/mol. The maximum atomic E-state index is 2.51. The molecule has 0 aliphatic heterocycles. The van der Waals surface area contributed by atoms with Gasteiger partial charge in [0.2, 0.25) is 0 Å². The summed E-state index contributed by atoms with van der Waals surface area (Å²) in [5.74, 6) is 0. The van der Waals surface area contributed by atoms with Crippen molar-refractivity contribution in [3.05, 3.63) is 0 Å². The number of halogens is 1. The SMILES string of the molecule is CC(C)N(CCI)C(C)C. The van der Waals surface area contributed by atoms with Gasteiger partial charge in [0.15, 0.2) is 0 Å². The highest BCUT2D eigenvalue weighted by atomic mass is 127. The molecule has 0 atom stereocenters. The molecule has 0 aromatic heterocycles. The summed E-state index contributed by atoms with van der Waals surface area (Å²) in [6.45, 7) is 10.2. The van der Waals surface area contributed by atoms with E-state index in [-0.39, 0.29) is 0 Å². The van der Waals surface area contributed by atoms with Crippen LogP contribution in [0.2, 0.25) is 0 Å². The summed E-state index contributed by atoms with van der Waals surface area (Å²) in [7, 11) is 0. The molecule has 2 heteroatoms. The average Bonchev–Trinajstić information content (AvgIpc) is 1.81. The molecule has 0 aromatic carbocycles. The van der Waals surface area contributed by atoms with E-state index in [4.69, 9.17) is 0 Å². The van der Waals surface area contributed by atoms with Crippen molar-refractivity contribution in [1.82, 2.24) is 4.90 Å². The van der Waals surface area contributed by atoms with Gasteiger partial charge in [0.25, 0.3) is 0 Å². The topological polar surface area (TPSA) is 3.24 Å². The molecule has 0 fully saturated rings. The first-order valence-electron chi connectivity index (χ1n) is 3.91. The summed E-state index contributed by atoms with van der Waals surface area (Å²) >= 11 is 2.43. The van der Waals surface area contributed by atoms with E-state index in [2.05, 4.69) is 55.2 Å². The third-order valence-electron chi connectivity index (χ3n) is 1.67. The lowest BCUT2D eigenvalue weighted by Crippen LogP contribution is -2.38. The molecule has 62 valence electrons. The standard InChI is InChI=1S/C8H18IN/c1-7(2)10(6-5-9)8(3)4/h7-8H,5-6H2,1-4H3. The number of hydrogen-bond donors (Lipinski definition) is 0. The number of hydrogen-bond acceptors (Lipinski definition) is 1. The van der Waals surface area contributed by atoms with Crippen LogP contribution in [0.15, 0.2) is 0 Å². The Morgan fingerprint density at radius 1 is 1.10 bits per heavy atom. The molecule has 0 aliphatic carbocycles. The fraction of sp³-hybridized carbons (Fsp3) is 1.00. The van der Waals surface area contributed by atoms with Crippen LogP contribution in [0.4, 0.5) is 0 Å². The fourth-order valence-corrected chi connectivity index (χ4v) is 1.77. The molecular formula is C8H18IN. The Morgan fingerprint density at radius 2 is 1.50 bits per heavy atom. The lowest BCUT2D eigenvalue weighted by molar-refractivity contribution is 0.188. The lowest BCUT2D eigenvalue weighted by Gasteiger charge is -2.29. The fourth-order valence-electron chi connectivity index (χ4n) is 1.21. The summed E-state index contributed by atoms with van der Waals surface area (Å²) in [4.78, 5) is 2.51. The van der Waals surface area contributed by atoms with Crippen LogP contribution in [0.3, 0.4) is 0 Å². The highest BCUT2D eigenvalue weighted by Gasteiger charge is 2.10. The van der Waals surface area contributed by atoms with Gasteiger partial charge in [-0.3, -0.25) is 4.90 Å². The van der Waals surface area contributed by atoms with Gasteiger partial charge >= 0.3 is 0 Å². The number of alkyl halides is 1. The smallest absolute Gasteiger partial charge is 0.0123 e. The Hall–Kier alpha value is 0.690. The second-order valence-electron chi connectivity index (χ2n) is 3.11. The molecule has 0 amide bonds. The Labute approximate surface area is 78.3 Å². The zero-order valence-electron chi connectivity index (χ0n) is 7.39. The molecule has 0 radical (unpaired) electrons. The lowest BCUT2D eigenvalue weighted by atomic mass is 10.2. The molecular weight excluding hydrogens is 237 g/mol. The predicted octanol–water partition coefficient (Wildman–Crippen LogP) is 2.54. The van der Waals surface area contributed by atoms with Crippen LogP contribution in [-0.4, -0.2) is 28.0 Å². The monoisotopic (exact) mass is 255 g/mol. The first-order valence-corrected chi connectivity index (χ1v) is 5.43. The quantitative estimate of drug-likeness (QED) is 0.551. The average molecular weight is 255 g/mol. The van der Waals surface area contributed by atoms with Gasteiger partial charge in [0.05, 0.1) is 0 Å². The summed E-state index contributed by atoms with van der Waals surface area (Å²) in [5.41, 5.74) is 0. The van der Waals surface area contributed by atoms with Gasteiger partial charge in [-0.1, -0.05) is 22.6 Å². The Balaban J connectivity index is 3.73. The third kappa shape index (κ3) is 3.76. The molecule has 10 heavy (non-hydrogen) atoms. The van der Waals surface area contributed by atoms with Crippen molar-refractivity contribution in [3.63, 3.8) is 0 Å². The maximum Gasteiger partial charge on any atom is 0.0123 e. The molecule has 0 aromatic rings. The number of nitrogens with zero attached hydrogens (tertiary/aromatic N) is 1. The Bertz CT molecular complexity index is 73.3. The Kier molecular flexibility index (Phi) is 5.72. The van der Waals surface area contributed by atoms with E-state index < -0.39 is 0 Å². The highest BCUT2D eigenvalue weighted by molar-refractivity contribution is 14.1. The molecule has 0 saturated heterocycles. The minimum absolute atomic E-state index is 0.690. The van der Waals surface area contributed by atoms with Gasteiger partial charge in [-0.2, -0.15) is 0 Å². The molecule has 0 heterocycles. The Morgan fingerprint density at radius 3 is 1.60 bits per heavy atom. The van der Waals surface area contributed by atoms with E-state index in [1.165, 1.54) is 11.0 Å². The van der Waals surface area contributed by atoms with Crippen molar-refractivity contribution < 1.29 is 0 Å². The van der Waals surface area contributed by atoms with Gasteiger partial charge in [-0.25, -0.2) is 0 Å². The van der Waals surface area contributed by atoms with Gasteiger partial charge in [-0.15, -0.1) is 0 Å². The first-order chi connectivity index (χ1) is 4.59. The van der Waals surface area contributed by atoms with Gasteiger partial charge in [0.1, 0.15) is 0 Å². The van der Waals surface area contributed by atoms with E-state index in [0.717, 1.165) is 0 Å². The zero-order chi connectivity index (χ0) is 8.15. The van der Waals surface area contributed by atoms with E-state index in [0.29, 0.717) is 12.1 Å². The van der Waals surface area contributed by atoms with Gasteiger partial charge in [-0.05, 0) is 27.7 Å². The van der Waals surface area contributed by atoms with E-state index in [1.54, 1.807) is 0 Å². The van der Waals surface area contributed by atoms with Gasteiger partial charge < -0.3 is 0 Å². The second-order valence-corrected chi connectivity index (χ2v) is 4.19. The second kappa shape index (κ2) is 5.35. The van der Waals surface area contributed by atoms with Crippen LogP contribution in [-0.2, 0) is 0 Å². The molecule has 0 unspecified atom stereocenters. The van der Waals surface area contributed by atoms with E-state index >= 15 is 0 Å². The highest BCUT2D eigenvalue weighted by Crippen LogP contribution is 2.04. The summed E-state index contributed by atoms with van der Waals surface area (Å²) in [6.07, 6.45) is 0. The van der Waals surface area contributed by atoms with E-state index in [9.17, 15) is 0 Å². The minimum Gasteiger partial charge on any atom is -0.298 e. The summed E-state index contributed by atoms with van der Waals surface area (Å²) < 4.78 is 1.23. The molecule has 0 saturated carbocycles. The van der Waals surface area contributed by atoms with Gasteiger partial charge in [0, 0.05) is 23.1 Å². The third-order valence-corrected chi connectivity index (χ3v) is 2.15. The van der Waals surface area contributed by atoms with Crippen molar-refractivity contribution in [3.8, 4) is 0 Å². The van der Waals surface area contributed by atoms with Crippen LogP contribution < -0.4 is 0 Å². The number of rotatable bonds is 4. The largest absolute Gasteiger partial charge is 0.298 e. The zero-order valence-corrected chi connectivity index (χ0v) is 9.55. The van der Waals surface area contributed by atoms with Crippen molar-refractivity contribution >= 4 is 22.6 Å². The molecule has 0 rings (SSSR count). The minimum atomic E-state index is 0.690. The van der Waals surface area contributed by atoms with Crippen molar-refractivity contribution in [1.29, 1.82) is 0 Å².